The molecule has 170 valence electrons. The molecule has 0 bridgehead atoms. The van der Waals surface area contributed by atoms with Crippen LogP contribution in [0.25, 0.3) is 10.4 Å². The lowest BCUT2D eigenvalue weighted by atomic mass is 9.79. The Morgan fingerprint density at radius 2 is 2.03 bits per heavy atom. The molecule has 2 aromatic rings. The number of rotatable bonds is 7. The predicted octanol–water partition coefficient (Wildman–Crippen LogP) is 2.19. The number of nitrogens with zero attached hydrogens (tertiary/aromatic N) is 1. The number of benzene rings is 1. The molecule has 1 aliphatic rings. The largest absolute Gasteiger partial charge is 0.392 e. The van der Waals surface area contributed by atoms with Crippen LogP contribution in [0.5, 0.6) is 0 Å². The molecule has 1 saturated heterocycles. The molecular weight excluding hydrogens is 436 g/mol. The number of hydrogen-bond donors (Lipinski definition) is 4. The van der Waals surface area contributed by atoms with Crippen LogP contribution in [0, 0.1) is 12.3 Å². The van der Waals surface area contributed by atoms with Crippen LogP contribution in [0.15, 0.2) is 29.8 Å². The molecule has 0 spiro atoms. The quantitative estimate of drug-likeness (QED) is 0.497. The van der Waals surface area contributed by atoms with Crippen molar-refractivity contribution in [2.75, 3.05) is 6.54 Å². The van der Waals surface area contributed by atoms with Crippen molar-refractivity contribution in [3.8, 4) is 10.4 Å². The number of aliphatic hydroxyl groups excluding tert-OH is 1. The van der Waals surface area contributed by atoms with E-state index in [2.05, 4.69) is 39.9 Å². The molecule has 9 heteroatoms. The summed E-state index contributed by atoms with van der Waals surface area (Å²) >= 11 is 1.63. The number of imide groups is 1. The van der Waals surface area contributed by atoms with Gasteiger partial charge < -0.3 is 16.2 Å². The molecule has 1 aromatic carbocycles. The fraction of sp³-hybridized carbons (Fsp3) is 0.500. The zero-order valence-electron chi connectivity index (χ0n) is 18.1. The van der Waals surface area contributed by atoms with E-state index in [1.54, 1.807) is 11.3 Å². The number of halogens is 1. The van der Waals surface area contributed by atoms with Gasteiger partial charge in [0.05, 0.1) is 34.3 Å². The Labute approximate surface area is 193 Å². The Hall–Kier alpha value is -1.84. The number of aryl methyl sites for hydroxylation is 2. The maximum Gasteiger partial charge on any atom is 0.244 e. The monoisotopic (exact) mass is 466 g/mol. The molecule has 2 amide bonds. The molecule has 0 saturated carbocycles. The van der Waals surface area contributed by atoms with Crippen molar-refractivity contribution in [2.45, 2.75) is 58.2 Å². The number of aromatic nitrogens is 1. The van der Waals surface area contributed by atoms with Gasteiger partial charge in [0, 0.05) is 6.54 Å². The fourth-order valence-corrected chi connectivity index (χ4v) is 4.39. The van der Waals surface area contributed by atoms with E-state index < -0.39 is 35.4 Å². The van der Waals surface area contributed by atoms with E-state index in [1.807, 2.05) is 26.3 Å². The van der Waals surface area contributed by atoms with Crippen molar-refractivity contribution in [2.24, 2.45) is 11.1 Å². The van der Waals surface area contributed by atoms with Crippen LogP contribution < -0.4 is 16.4 Å². The van der Waals surface area contributed by atoms with Gasteiger partial charge in [-0.2, -0.15) is 0 Å². The zero-order valence-corrected chi connectivity index (χ0v) is 19.7. The maximum atomic E-state index is 12.5. The number of aliphatic hydroxyl groups is 1. The lowest BCUT2D eigenvalue weighted by molar-refractivity contribution is -0.133. The molecular formula is C22H31ClN4O3S. The van der Waals surface area contributed by atoms with Crippen molar-refractivity contribution >= 4 is 35.6 Å². The summed E-state index contributed by atoms with van der Waals surface area (Å²) in [6.07, 6.45) is 1.22. The van der Waals surface area contributed by atoms with Crippen LogP contribution in [0.2, 0.25) is 0 Å². The molecule has 0 radical (unpaired) electrons. The maximum absolute atomic E-state index is 12.5. The minimum absolute atomic E-state index is 0. The zero-order chi connectivity index (χ0) is 21.9. The first kappa shape index (κ1) is 25.4. The molecule has 31 heavy (non-hydrogen) atoms. The van der Waals surface area contributed by atoms with E-state index in [0.717, 1.165) is 17.7 Å². The van der Waals surface area contributed by atoms with E-state index in [9.17, 15) is 14.7 Å². The van der Waals surface area contributed by atoms with Crippen molar-refractivity contribution in [1.29, 1.82) is 0 Å². The summed E-state index contributed by atoms with van der Waals surface area (Å²) in [6.45, 7) is 6.23. The second-order valence-corrected chi connectivity index (χ2v) is 9.49. The molecule has 0 unspecified atom stereocenters. The second-order valence-electron chi connectivity index (χ2n) is 8.63. The van der Waals surface area contributed by atoms with Crippen LogP contribution in [0.3, 0.4) is 0 Å². The van der Waals surface area contributed by atoms with Crippen molar-refractivity contribution < 1.29 is 14.7 Å². The van der Waals surface area contributed by atoms with Gasteiger partial charge in [-0.25, -0.2) is 4.98 Å². The van der Waals surface area contributed by atoms with Gasteiger partial charge in [-0.15, -0.1) is 23.7 Å². The van der Waals surface area contributed by atoms with E-state index in [0.29, 0.717) is 19.4 Å². The van der Waals surface area contributed by atoms with Gasteiger partial charge in [0.25, 0.3) is 0 Å². The Balaban J connectivity index is 0.00000341. The summed E-state index contributed by atoms with van der Waals surface area (Å²) in [6, 6.07) is 7.01. The normalized spacial score (nSPS) is 19.5. The number of thiazole rings is 1. The van der Waals surface area contributed by atoms with E-state index in [4.69, 9.17) is 5.73 Å². The summed E-state index contributed by atoms with van der Waals surface area (Å²) in [5.74, 6) is -0.916. The Morgan fingerprint density at radius 3 is 2.58 bits per heavy atom. The summed E-state index contributed by atoms with van der Waals surface area (Å²) in [5.41, 5.74) is 10.9. The molecule has 1 aromatic heterocycles. The van der Waals surface area contributed by atoms with Gasteiger partial charge in [0.1, 0.15) is 0 Å². The minimum Gasteiger partial charge on any atom is -0.392 e. The van der Waals surface area contributed by atoms with Crippen molar-refractivity contribution in [1.82, 2.24) is 15.6 Å². The number of β-amino-alcohol motifs (C(OH)–C–C–N with tert-alkyl or cyclic N) is 1. The molecule has 5 N–H and O–H groups in total. The summed E-state index contributed by atoms with van der Waals surface area (Å²) in [7, 11) is 0. The lowest BCUT2D eigenvalue weighted by Gasteiger charge is -2.30. The van der Waals surface area contributed by atoms with Gasteiger partial charge >= 0.3 is 0 Å². The summed E-state index contributed by atoms with van der Waals surface area (Å²) in [5, 5.41) is 14.8. The predicted molar refractivity (Wildman–Crippen MR) is 125 cm³/mol. The average Bonchev–Trinajstić information content (AvgIpc) is 3.34. The van der Waals surface area contributed by atoms with Gasteiger partial charge in [0.15, 0.2) is 0 Å². The van der Waals surface area contributed by atoms with Crippen LogP contribution in [0.4, 0.5) is 0 Å². The number of hydrogen-bond acceptors (Lipinski definition) is 7. The molecule has 2 heterocycles. The number of carbonyl (C=O) groups excluding carboxylic acids is 2. The first-order valence-electron chi connectivity index (χ1n) is 10.2. The highest BCUT2D eigenvalue weighted by atomic mass is 35.5. The summed E-state index contributed by atoms with van der Waals surface area (Å²) in [4.78, 5) is 30.2. The topological polar surface area (TPSA) is 117 Å². The highest BCUT2D eigenvalue weighted by molar-refractivity contribution is 7.13. The molecule has 0 aliphatic carbocycles. The highest BCUT2D eigenvalue weighted by Gasteiger charge is 2.35. The minimum atomic E-state index is -0.813. The number of carbonyl (C=O) groups is 2. The van der Waals surface area contributed by atoms with Crippen LogP contribution in [-0.4, -0.2) is 46.6 Å². The number of nitrogens with two attached hydrogens (primary N) is 1. The second kappa shape index (κ2) is 10.7. The lowest BCUT2D eigenvalue weighted by Crippen LogP contribution is -2.54. The smallest absolute Gasteiger partial charge is 0.244 e. The first-order chi connectivity index (χ1) is 14.2. The van der Waals surface area contributed by atoms with E-state index in [-0.39, 0.29) is 12.4 Å². The fourth-order valence-electron chi connectivity index (χ4n) is 3.58. The van der Waals surface area contributed by atoms with Crippen molar-refractivity contribution in [3.63, 3.8) is 0 Å². The molecule has 3 atom stereocenters. The molecule has 7 nitrogen and oxygen atoms in total. The van der Waals surface area contributed by atoms with E-state index in [1.165, 1.54) is 10.4 Å². The van der Waals surface area contributed by atoms with Gasteiger partial charge in [-0.1, -0.05) is 38.1 Å². The number of amides is 2. The number of nitrogens with one attached hydrogen (secondary N) is 2. The molecule has 1 aliphatic heterocycles. The van der Waals surface area contributed by atoms with Crippen molar-refractivity contribution in [3.05, 3.63) is 41.0 Å². The Kier molecular flexibility index (Phi) is 8.73. The molecule has 1 fully saturated rings. The van der Waals surface area contributed by atoms with Crippen LogP contribution in [0.1, 0.15) is 37.9 Å². The van der Waals surface area contributed by atoms with Gasteiger partial charge in [-0.3, -0.25) is 14.9 Å². The third kappa shape index (κ3) is 6.33. The van der Waals surface area contributed by atoms with Gasteiger partial charge in [-0.05, 0) is 42.7 Å². The van der Waals surface area contributed by atoms with Gasteiger partial charge in [0.2, 0.25) is 11.8 Å². The Morgan fingerprint density at radius 1 is 1.35 bits per heavy atom. The Bertz CT molecular complexity index is 900. The third-order valence-corrected chi connectivity index (χ3v) is 6.79. The SMILES string of the molecule is Cc1ncsc1-c1ccc(CCC(C)(C)[C@H](N)C(=O)NC(=O)[C@@H]2C[C@@H](O)CN2)cc1.Cl. The van der Waals surface area contributed by atoms with Crippen LogP contribution in [-0.2, 0) is 16.0 Å². The van der Waals surface area contributed by atoms with Crippen LogP contribution >= 0.6 is 23.7 Å². The first-order valence-corrected chi connectivity index (χ1v) is 11.1. The third-order valence-electron chi connectivity index (χ3n) is 5.81. The van der Waals surface area contributed by atoms with E-state index >= 15 is 0 Å². The molecule has 3 rings (SSSR count). The summed E-state index contributed by atoms with van der Waals surface area (Å²) < 4.78 is 0. The highest BCUT2D eigenvalue weighted by Crippen LogP contribution is 2.29. The average molecular weight is 467 g/mol. The standard InChI is InChI=1S/C22H30N4O3S.ClH/c1-13-18(30-12-25-13)15-6-4-14(5-7-15)8-9-22(2,3)19(23)21(29)26-20(28)17-10-16(27)11-24-17;/h4-7,12,16-17,19,24,27H,8-11,23H2,1-3H3,(H,26,28,29);1H/t16-,17+,19-;/m1./s1.